The molecule has 0 aromatic heterocycles. The summed E-state index contributed by atoms with van der Waals surface area (Å²) >= 11 is 0. The fourth-order valence-electron chi connectivity index (χ4n) is 1.24. The number of carbonyl (C=O) groups excluding carboxylic acids is 1. The molecule has 0 atom stereocenters. The van der Waals surface area contributed by atoms with Crippen LogP contribution in [0.5, 0.6) is 0 Å². The summed E-state index contributed by atoms with van der Waals surface area (Å²) in [6, 6.07) is 7.79. The lowest BCUT2D eigenvalue weighted by Crippen LogP contribution is -1.91. The van der Waals surface area contributed by atoms with Crippen LogP contribution in [0.3, 0.4) is 0 Å². The first-order valence-electron chi connectivity index (χ1n) is 4.41. The van der Waals surface area contributed by atoms with E-state index in [1.54, 1.807) is 0 Å². The first-order chi connectivity index (χ1) is 5.88. The molecule has 0 N–H and O–H groups in total. The Morgan fingerprint density at radius 3 is 2.75 bits per heavy atom. The first-order valence-corrected chi connectivity index (χ1v) is 4.41. The van der Waals surface area contributed by atoms with Crippen molar-refractivity contribution in [2.45, 2.75) is 26.2 Å². The highest BCUT2D eigenvalue weighted by atomic mass is 16.1. The number of benzene rings is 1. The quantitative estimate of drug-likeness (QED) is 0.622. The van der Waals surface area contributed by atoms with Crippen molar-refractivity contribution < 1.29 is 4.79 Å². The van der Waals surface area contributed by atoms with Gasteiger partial charge in [0, 0.05) is 5.56 Å². The predicted molar refractivity (Wildman–Crippen MR) is 50.4 cm³/mol. The van der Waals surface area contributed by atoms with E-state index in [2.05, 4.69) is 6.92 Å². The summed E-state index contributed by atoms with van der Waals surface area (Å²) in [4.78, 5) is 10.6. The lowest BCUT2D eigenvalue weighted by atomic mass is 10.0. The average molecular weight is 162 g/mol. The second-order valence-electron chi connectivity index (χ2n) is 2.92. The van der Waals surface area contributed by atoms with E-state index >= 15 is 0 Å². The Balaban J connectivity index is 2.75. The number of aldehydes is 1. The van der Waals surface area contributed by atoms with Crippen molar-refractivity contribution >= 4 is 6.29 Å². The summed E-state index contributed by atoms with van der Waals surface area (Å²) in [7, 11) is 0. The Morgan fingerprint density at radius 1 is 1.33 bits per heavy atom. The molecule has 1 aromatic carbocycles. The standard InChI is InChI=1S/C11H14O/c1-2-3-6-10-7-4-5-8-11(10)9-12/h4-5,7-9H,2-3,6H2,1H3. The average Bonchev–Trinajstić information content (AvgIpc) is 2.15. The molecule has 1 nitrogen and oxygen atoms in total. The van der Waals surface area contributed by atoms with Crippen molar-refractivity contribution in [3.05, 3.63) is 35.4 Å². The van der Waals surface area contributed by atoms with Crippen molar-refractivity contribution in [3.63, 3.8) is 0 Å². The summed E-state index contributed by atoms with van der Waals surface area (Å²) in [5.41, 5.74) is 2.01. The maximum Gasteiger partial charge on any atom is 0.150 e. The van der Waals surface area contributed by atoms with Gasteiger partial charge in [-0.25, -0.2) is 0 Å². The highest BCUT2D eigenvalue weighted by molar-refractivity contribution is 5.77. The van der Waals surface area contributed by atoms with Crippen LogP contribution in [-0.4, -0.2) is 6.29 Å². The van der Waals surface area contributed by atoms with Crippen molar-refractivity contribution in [3.8, 4) is 0 Å². The molecule has 1 heteroatoms. The largest absolute Gasteiger partial charge is 0.298 e. The third-order valence-electron chi connectivity index (χ3n) is 1.98. The van der Waals surface area contributed by atoms with Gasteiger partial charge in [0.25, 0.3) is 0 Å². The molecule has 0 radical (unpaired) electrons. The van der Waals surface area contributed by atoms with E-state index in [1.807, 2.05) is 24.3 Å². The van der Waals surface area contributed by atoms with Crippen LogP contribution < -0.4 is 0 Å². The minimum atomic E-state index is 0.839. The molecule has 0 amide bonds. The number of aryl methyl sites for hydroxylation is 1. The van der Waals surface area contributed by atoms with E-state index in [-0.39, 0.29) is 0 Å². The Bertz CT molecular complexity index is 253. The maximum atomic E-state index is 10.6. The van der Waals surface area contributed by atoms with Gasteiger partial charge in [0.05, 0.1) is 0 Å². The van der Waals surface area contributed by atoms with E-state index in [9.17, 15) is 4.79 Å². The van der Waals surface area contributed by atoms with Gasteiger partial charge in [-0.3, -0.25) is 4.79 Å². The van der Waals surface area contributed by atoms with Crippen molar-refractivity contribution in [2.24, 2.45) is 0 Å². The number of rotatable bonds is 4. The molecule has 0 unspecified atom stereocenters. The molecule has 0 saturated heterocycles. The highest BCUT2D eigenvalue weighted by Crippen LogP contribution is 2.09. The van der Waals surface area contributed by atoms with E-state index in [0.29, 0.717) is 0 Å². The molecular formula is C11H14O. The molecule has 1 aromatic rings. The van der Waals surface area contributed by atoms with E-state index in [1.165, 1.54) is 12.0 Å². The molecule has 0 heterocycles. The minimum absolute atomic E-state index is 0.839. The zero-order valence-electron chi connectivity index (χ0n) is 7.42. The van der Waals surface area contributed by atoms with Crippen LogP contribution in [0.25, 0.3) is 0 Å². The van der Waals surface area contributed by atoms with E-state index < -0.39 is 0 Å². The number of hydrogen-bond donors (Lipinski definition) is 0. The SMILES string of the molecule is CCCCc1ccccc1C=O. The normalized spacial score (nSPS) is 9.75. The van der Waals surface area contributed by atoms with Crippen LogP contribution in [0.2, 0.25) is 0 Å². The van der Waals surface area contributed by atoms with E-state index in [0.717, 1.165) is 24.7 Å². The Kier molecular flexibility index (Phi) is 3.52. The van der Waals surface area contributed by atoms with Crippen LogP contribution in [0.4, 0.5) is 0 Å². The van der Waals surface area contributed by atoms with Gasteiger partial charge in [-0.15, -0.1) is 0 Å². The molecule has 12 heavy (non-hydrogen) atoms. The number of carbonyl (C=O) groups is 1. The first kappa shape index (κ1) is 8.98. The summed E-state index contributed by atoms with van der Waals surface area (Å²) < 4.78 is 0. The second-order valence-corrected chi connectivity index (χ2v) is 2.92. The predicted octanol–water partition coefficient (Wildman–Crippen LogP) is 2.84. The fraction of sp³-hybridized carbons (Fsp3) is 0.364. The topological polar surface area (TPSA) is 17.1 Å². The summed E-state index contributed by atoms with van der Waals surface area (Å²) in [5, 5.41) is 0. The Morgan fingerprint density at radius 2 is 2.08 bits per heavy atom. The van der Waals surface area contributed by atoms with Crippen LogP contribution in [0, 0.1) is 0 Å². The molecule has 64 valence electrons. The van der Waals surface area contributed by atoms with Gasteiger partial charge >= 0.3 is 0 Å². The van der Waals surface area contributed by atoms with Gasteiger partial charge in [0.2, 0.25) is 0 Å². The molecule has 0 aliphatic rings. The Hall–Kier alpha value is -1.11. The zero-order valence-corrected chi connectivity index (χ0v) is 7.42. The highest BCUT2D eigenvalue weighted by Gasteiger charge is 1.98. The maximum absolute atomic E-state index is 10.6. The van der Waals surface area contributed by atoms with Crippen LogP contribution in [0.15, 0.2) is 24.3 Å². The zero-order chi connectivity index (χ0) is 8.81. The lowest BCUT2D eigenvalue weighted by molar-refractivity contribution is 0.112. The van der Waals surface area contributed by atoms with Gasteiger partial charge in [-0.05, 0) is 18.4 Å². The monoisotopic (exact) mass is 162 g/mol. The summed E-state index contributed by atoms with van der Waals surface area (Å²) in [6.45, 7) is 2.16. The van der Waals surface area contributed by atoms with Crippen LogP contribution in [0.1, 0.15) is 35.7 Å². The van der Waals surface area contributed by atoms with Gasteiger partial charge < -0.3 is 0 Å². The Labute approximate surface area is 73.4 Å². The third-order valence-corrected chi connectivity index (χ3v) is 1.98. The van der Waals surface area contributed by atoms with Gasteiger partial charge in [0.1, 0.15) is 6.29 Å². The van der Waals surface area contributed by atoms with Gasteiger partial charge in [-0.2, -0.15) is 0 Å². The molecule has 0 bridgehead atoms. The fourth-order valence-corrected chi connectivity index (χ4v) is 1.24. The van der Waals surface area contributed by atoms with Crippen molar-refractivity contribution in [2.75, 3.05) is 0 Å². The van der Waals surface area contributed by atoms with Crippen molar-refractivity contribution in [1.82, 2.24) is 0 Å². The molecule has 0 saturated carbocycles. The van der Waals surface area contributed by atoms with Crippen molar-refractivity contribution in [1.29, 1.82) is 0 Å². The molecule has 0 aliphatic heterocycles. The van der Waals surface area contributed by atoms with Crippen LogP contribution >= 0.6 is 0 Å². The number of unbranched alkanes of at least 4 members (excludes halogenated alkanes) is 1. The van der Waals surface area contributed by atoms with Gasteiger partial charge in [-0.1, -0.05) is 37.6 Å². The van der Waals surface area contributed by atoms with Crippen LogP contribution in [-0.2, 0) is 6.42 Å². The summed E-state index contributed by atoms with van der Waals surface area (Å²) in [6.07, 6.45) is 4.29. The molecular weight excluding hydrogens is 148 g/mol. The minimum Gasteiger partial charge on any atom is -0.298 e. The molecule has 0 spiro atoms. The smallest absolute Gasteiger partial charge is 0.150 e. The number of hydrogen-bond acceptors (Lipinski definition) is 1. The molecule has 1 rings (SSSR count). The molecule has 0 fully saturated rings. The second kappa shape index (κ2) is 4.70. The van der Waals surface area contributed by atoms with E-state index in [4.69, 9.17) is 0 Å². The third kappa shape index (κ3) is 2.19. The summed E-state index contributed by atoms with van der Waals surface area (Å²) in [5.74, 6) is 0. The molecule has 0 aliphatic carbocycles. The van der Waals surface area contributed by atoms with Gasteiger partial charge in [0.15, 0.2) is 0 Å². The lowest BCUT2D eigenvalue weighted by Gasteiger charge is -2.01.